The second-order valence-corrected chi connectivity index (χ2v) is 6.38. The molecule has 1 heterocycles. The van der Waals surface area contributed by atoms with Gasteiger partial charge in [0.2, 0.25) is 0 Å². The van der Waals surface area contributed by atoms with Crippen LogP contribution in [0.1, 0.15) is 36.3 Å². The van der Waals surface area contributed by atoms with Gasteiger partial charge in [-0.1, -0.05) is 55.5 Å². The lowest BCUT2D eigenvalue weighted by Crippen LogP contribution is -2.41. The highest BCUT2D eigenvalue weighted by molar-refractivity contribution is 5.94. The van der Waals surface area contributed by atoms with Gasteiger partial charge in [-0.25, -0.2) is 4.79 Å². The number of benzene rings is 2. The van der Waals surface area contributed by atoms with Crippen LogP contribution in [0.25, 0.3) is 0 Å². The fourth-order valence-corrected chi connectivity index (χ4v) is 3.39. The number of nitrogens with zero attached hydrogens (tertiary/aromatic N) is 1. The van der Waals surface area contributed by atoms with E-state index in [0.29, 0.717) is 25.4 Å². The number of amides is 2. The highest BCUT2D eigenvalue weighted by Gasteiger charge is 2.29. The highest BCUT2D eigenvalue weighted by Crippen LogP contribution is 2.35. The Morgan fingerprint density at radius 2 is 1.92 bits per heavy atom. The SMILES string of the molecule is CC1CN(C(=O)NCC(CCO)c2ccccc2)c2ccccc21. The van der Waals surface area contributed by atoms with E-state index in [2.05, 4.69) is 18.3 Å². The standard InChI is InChI=1S/C20H24N2O2/c1-15-14-22(19-10-6-5-9-18(15)19)20(24)21-13-17(11-12-23)16-7-3-2-4-8-16/h2-10,15,17,23H,11-14H2,1H3,(H,21,24). The molecule has 0 radical (unpaired) electrons. The van der Waals surface area contributed by atoms with Gasteiger partial charge in [0.05, 0.1) is 0 Å². The summed E-state index contributed by atoms with van der Waals surface area (Å²) in [5.74, 6) is 0.477. The molecule has 0 saturated heterocycles. The van der Waals surface area contributed by atoms with Crippen molar-refractivity contribution in [2.45, 2.75) is 25.2 Å². The van der Waals surface area contributed by atoms with Crippen molar-refractivity contribution < 1.29 is 9.90 Å². The lowest BCUT2D eigenvalue weighted by molar-refractivity contribution is 0.243. The Kier molecular flexibility index (Phi) is 5.16. The van der Waals surface area contributed by atoms with E-state index in [1.54, 1.807) is 0 Å². The molecule has 0 saturated carbocycles. The average Bonchev–Trinajstić information content (AvgIpc) is 2.96. The molecule has 1 aliphatic heterocycles. The molecular formula is C20H24N2O2. The smallest absolute Gasteiger partial charge is 0.321 e. The van der Waals surface area contributed by atoms with Crippen molar-refractivity contribution in [2.75, 3.05) is 24.6 Å². The second-order valence-electron chi connectivity index (χ2n) is 6.38. The number of aliphatic hydroxyl groups is 1. The van der Waals surface area contributed by atoms with Crippen LogP contribution in [0, 0.1) is 0 Å². The van der Waals surface area contributed by atoms with E-state index in [-0.39, 0.29) is 18.6 Å². The van der Waals surface area contributed by atoms with E-state index in [1.807, 2.05) is 53.4 Å². The molecule has 4 nitrogen and oxygen atoms in total. The first kappa shape index (κ1) is 16.5. The number of para-hydroxylation sites is 1. The molecule has 0 spiro atoms. The van der Waals surface area contributed by atoms with Crippen molar-refractivity contribution in [1.29, 1.82) is 0 Å². The van der Waals surface area contributed by atoms with Gasteiger partial charge in [0, 0.05) is 37.2 Å². The maximum absolute atomic E-state index is 12.6. The number of carbonyl (C=O) groups is 1. The topological polar surface area (TPSA) is 52.6 Å². The zero-order valence-electron chi connectivity index (χ0n) is 14.0. The van der Waals surface area contributed by atoms with Gasteiger partial charge in [0.1, 0.15) is 0 Å². The average molecular weight is 324 g/mol. The summed E-state index contributed by atoms with van der Waals surface area (Å²) in [6.45, 7) is 3.49. The minimum Gasteiger partial charge on any atom is -0.396 e. The van der Waals surface area contributed by atoms with Crippen LogP contribution in [0.3, 0.4) is 0 Å². The van der Waals surface area contributed by atoms with Crippen molar-refractivity contribution >= 4 is 11.7 Å². The molecule has 4 heteroatoms. The molecule has 0 aromatic heterocycles. The van der Waals surface area contributed by atoms with E-state index in [0.717, 1.165) is 11.3 Å². The highest BCUT2D eigenvalue weighted by atomic mass is 16.3. The number of hydrogen-bond donors (Lipinski definition) is 2. The Balaban J connectivity index is 1.67. The molecule has 2 unspecified atom stereocenters. The van der Waals surface area contributed by atoms with E-state index in [4.69, 9.17) is 0 Å². The zero-order chi connectivity index (χ0) is 16.9. The fraction of sp³-hybridized carbons (Fsp3) is 0.350. The second kappa shape index (κ2) is 7.49. The Morgan fingerprint density at radius 3 is 2.67 bits per heavy atom. The lowest BCUT2D eigenvalue weighted by Gasteiger charge is -2.22. The molecule has 0 bridgehead atoms. The lowest BCUT2D eigenvalue weighted by atomic mass is 9.96. The van der Waals surface area contributed by atoms with E-state index in [1.165, 1.54) is 5.56 Å². The quantitative estimate of drug-likeness (QED) is 0.884. The van der Waals surface area contributed by atoms with E-state index in [9.17, 15) is 9.90 Å². The summed E-state index contributed by atoms with van der Waals surface area (Å²) in [5, 5.41) is 12.4. The molecule has 2 N–H and O–H groups in total. The van der Waals surface area contributed by atoms with Crippen molar-refractivity contribution in [1.82, 2.24) is 5.32 Å². The number of rotatable bonds is 5. The van der Waals surface area contributed by atoms with Crippen LogP contribution in [-0.4, -0.2) is 30.8 Å². The maximum atomic E-state index is 12.6. The summed E-state index contributed by atoms with van der Waals surface area (Å²) in [6.07, 6.45) is 0.636. The van der Waals surface area contributed by atoms with Crippen LogP contribution in [-0.2, 0) is 0 Å². The van der Waals surface area contributed by atoms with Gasteiger partial charge in [-0.2, -0.15) is 0 Å². The summed E-state index contributed by atoms with van der Waals surface area (Å²) in [6, 6.07) is 18.0. The number of hydrogen-bond acceptors (Lipinski definition) is 2. The monoisotopic (exact) mass is 324 g/mol. The first-order valence-corrected chi connectivity index (χ1v) is 8.50. The molecule has 0 fully saturated rings. The Morgan fingerprint density at radius 1 is 1.21 bits per heavy atom. The first-order chi connectivity index (χ1) is 11.7. The molecule has 2 aromatic rings. The zero-order valence-corrected chi connectivity index (χ0v) is 14.0. The molecule has 1 aliphatic rings. The molecule has 126 valence electrons. The predicted molar refractivity (Wildman–Crippen MR) is 96.5 cm³/mol. The summed E-state index contributed by atoms with van der Waals surface area (Å²) in [5.41, 5.74) is 3.37. The molecule has 2 aromatic carbocycles. The number of aliphatic hydroxyl groups excluding tert-OH is 1. The number of nitrogens with one attached hydrogen (secondary N) is 1. The van der Waals surface area contributed by atoms with Crippen LogP contribution < -0.4 is 10.2 Å². The van der Waals surface area contributed by atoms with Crippen molar-refractivity contribution in [3.8, 4) is 0 Å². The molecule has 0 aliphatic carbocycles. The number of fused-ring (bicyclic) bond motifs is 1. The van der Waals surface area contributed by atoms with Gasteiger partial charge in [0.15, 0.2) is 0 Å². The number of carbonyl (C=O) groups excluding carboxylic acids is 1. The summed E-state index contributed by atoms with van der Waals surface area (Å²) in [7, 11) is 0. The van der Waals surface area contributed by atoms with Crippen LogP contribution in [0.2, 0.25) is 0 Å². The Bertz CT molecular complexity index is 687. The molecule has 24 heavy (non-hydrogen) atoms. The fourth-order valence-electron chi connectivity index (χ4n) is 3.39. The summed E-state index contributed by atoms with van der Waals surface area (Å²) < 4.78 is 0. The van der Waals surface area contributed by atoms with Crippen LogP contribution in [0.15, 0.2) is 54.6 Å². The van der Waals surface area contributed by atoms with E-state index >= 15 is 0 Å². The third-order valence-electron chi connectivity index (χ3n) is 4.71. The van der Waals surface area contributed by atoms with Crippen LogP contribution in [0.4, 0.5) is 10.5 Å². The number of urea groups is 1. The Labute approximate surface area is 143 Å². The van der Waals surface area contributed by atoms with Crippen LogP contribution in [0.5, 0.6) is 0 Å². The molecule has 2 amide bonds. The minimum absolute atomic E-state index is 0.0642. The summed E-state index contributed by atoms with van der Waals surface area (Å²) in [4.78, 5) is 14.5. The van der Waals surface area contributed by atoms with Gasteiger partial charge >= 0.3 is 6.03 Å². The first-order valence-electron chi connectivity index (χ1n) is 8.50. The van der Waals surface area contributed by atoms with Crippen LogP contribution >= 0.6 is 0 Å². The number of anilines is 1. The maximum Gasteiger partial charge on any atom is 0.321 e. The Hall–Kier alpha value is -2.33. The van der Waals surface area contributed by atoms with Crippen molar-refractivity contribution in [3.05, 3.63) is 65.7 Å². The normalized spacial score (nSPS) is 17.4. The molecule has 3 rings (SSSR count). The third kappa shape index (κ3) is 3.44. The molecular weight excluding hydrogens is 300 g/mol. The van der Waals surface area contributed by atoms with Crippen molar-refractivity contribution in [2.24, 2.45) is 0 Å². The van der Waals surface area contributed by atoms with E-state index < -0.39 is 0 Å². The third-order valence-corrected chi connectivity index (χ3v) is 4.71. The summed E-state index contributed by atoms with van der Waals surface area (Å²) >= 11 is 0. The van der Waals surface area contributed by atoms with Gasteiger partial charge in [-0.15, -0.1) is 0 Å². The van der Waals surface area contributed by atoms with Gasteiger partial charge in [0.25, 0.3) is 0 Å². The van der Waals surface area contributed by atoms with Gasteiger partial charge in [-0.05, 0) is 23.6 Å². The predicted octanol–water partition coefficient (Wildman–Crippen LogP) is 3.49. The minimum atomic E-state index is -0.0642. The molecule has 2 atom stereocenters. The van der Waals surface area contributed by atoms with Crippen molar-refractivity contribution in [3.63, 3.8) is 0 Å². The van der Waals surface area contributed by atoms with Gasteiger partial charge in [-0.3, -0.25) is 4.90 Å². The van der Waals surface area contributed by atoms with Gasteiger partial charge < -0.3 is 10.4 Å². The largest absolute Gasteiger partial charge is 0.396 e.